The topological polar surface area (TPSA) is 98.7 Å². The second-order valence-corrected chi connectivity index (χ2v) is 5.49. The first-order valence-corrected chi connectivity index (χ1v) is 7.52. The molecule has 0 aliphatic carbocycles. The lowest BCUT2D eigenvalue weighted by molar-refractivity contribution is -0.144. The van der Waals surface area contributed by atoms with Crippen molar-refractivity contribution in [3.63, 3.8) is 0 Å². The van der Waals surface area contributed by atoms with Gasteiger partial charge in [-0.3, -0.25) is 9.69 Å². The van der Waals surface area contributed by atoms with Crippen LogP contribution < -0.4 is 10.6 Å². The Kier molecular flexibility index (Phi) is 6.98. The van der Waals surface area contributed by atoms with Crippen LogP contribution in [0.2, 0.25) is 0 Å². The minimum absolute atomic E-state index is 0.0335. The molecule has 0 bridgehead atoms. The molecule has 3 N–H and O–H groups in total. The number of aliphatic carboxylic acids is 1. The summed E-state index contributed by atoms with van der Waals surface area (Å²) in [5, 5.41) is 14.3. The Hall–Kier alpha value is -1.79. The summed E-state index contributed by atoms with van der Waals surface area (Å²) in [6, 6.07) is -1.52. The van der Waals surface area contributed by atoms with Crippen LogP contribution in [0.5, 0.6) is 0 Å². The molecule has 2 unspecified atom stereocenters. The van der Waals surface area contributed by atoms with Crippen LogP contribution in [0.1, 0.15) is 46.0 Å². The van der Waals surface area contributed by atoms with Crippen LogP contribution in [0.3, 0.4) is 0 Å². The predicted molar refractivity (Wildman–Crippen MR) is 77.9 cm³/mol. The van der Waals surface area contributed by atoms with Gasteiger partial charge in [0, 0.05) is 12.6 Å². The third-order valence-corrected chi connectivity index (χ3v) is 3.59. The summed E-state index contributed by atoms with van der Waals surface area (Å²) in [7, 11) is 0. The van der Waals surface area contributed by atoms with Crippen molar-refractivity contribution in [2.75, 3.05) is 13.1 Å². The molecule has 1 fully saturated rings. The molecule has 21 heavy (non-hydrogen) atoms. The number of nitrogens with zero attached hydrogens (tertiary/aromatic N) is 1. The van der Waals surface area contributed by atoms with E-state index in [1.807, 2.05) is 6.92 Å². The smallest absolute Gasteiger partial charge is 0.328 e. The van der Waals surface area contributed by atoms with Crippen LogP contribution in [0.4, 0.5) is 4.79 Å². The zero-order valence-corrected chi connectivity index (χ0v) is 12.7. The number of amides is 3. The number of hydrogen-bond donors (Lipinski definition) is 3. The van der Waals surface area contributed by atoms with Crippen molar-refractivity contribution in [2.45, 2.75) is 58.0 Å². The van der Waals surface area contributed by atoms with Crippen LogP contribution in [0.15, 0.2) is 0 Å². The van der Waals surface area contributed by atoms with Gasteiger partial charge in [0.1, 0.15) is 12.6 Å². The summed E-state index contributed by atoms with van der Waals surface area (Å²) in [5.74, 6) is -1.45. The maximum atomic E-state index is 12.1. The van der Waals surface area contributed by atoms with Crippen LogP contribution in [0.25, 0.3) is 0 Å². The van der Waals surface area contributed by atoms with Crippen molar-refractivity contribution < 1.29 is 19.5 Å². The highest BCUT2D eigenvalue weighted by atomic mass is 16.4. The largest absolute Gasteiger partial charge is 0.480 e. The Morgan fingerprint density at radius 3 is 2.76 bits per heavy atom. The molecule has 0 aromatic carbocycles. The molecule has 1 aliphatic heterocycles. The molecule has 0 aromatic heterocycles. The highest BCUT2D eigenvalue weighted by molar-refractivity contribution is 5.90. The van der Waals surface area contributed by atoms with Crippen molar-refractivity contribution in [2.24, 2.45) is 0 Å². The van der Waals surface area contributed by atoms with Crippen molar-refractivity contribution in [1.82, 2.24) is 15.5 Å². The lowest BCUT2D eigenvalue weighted by atomic mass is 10.1. The van der Waals surface area contributed by atoms with Crippen LogP contribution in [-0.2, 0) is 9.59 Å². The Morgan fingerprint density at radius 2 is 2.14 bits per heavy atom. The minimum Gasteiger partial charge on any atom is -0.480 e. The number of rotatable bonds is 7. The molecular formula is C14H25N3O4. The van der Waals surface area contributed by atoms with Crippen molar-refractivity contribution in [3.05, 3.63) is 0 Å². The fraction of sp³-hybridized carbons (Fsp3) is 0.786. The first-order valence-electron chi connectivity index (χ1n) is 7.52. The van der Waals surface area contributed by atoms with Crippen molar-refractivity contribution in [3.8, 4) is 0 Å². The summed E-state index contributed by atoms with van der Waals surface area (Å²) in [6.45, 7) is 3.76. The Labute approximate surface area is 125 Å². The molecule has 0 saturated carbocycles. The number of hydrogen-bond acceptors (Lipinski definition) is 3. The Morgan fingerprint density at radius 1 is 1.43 bits per heavy atom. The van der Waals surface area contributed by atoms with E-state index in [1.54, 1.807) is 0 Å². The highest BCUT2D eigenvalue weighted by Gasteiger charge is 2.35. The third-order valence-electron chi connectivity index (χ3n) is 3.59. The van der Waals surface area contributed by atoms with Gasteiger partial charge in [-0.2, -0.15) is 0 Å². The molecule has 7 nitrogen and oxygen atoms in total. The fourth-order valence-corrected chi connectivity index (χ4v) is 2.32. The zero-order valence-electron chi connectivity index (χ0n) is 12.7. The number of carboxylic acid groups (broad SMARTS) is 1. The molecular weight excluding hydrogens is 274 g/mol. The van der Waals surface area contributed by atoms with E-state index in [9.17, 15) is 14.4 Å². The summed E-state index contributed by atoms with van der Waals surface area (Å²) in [4.78, 5) is 35.7. The lowest BCUT2D eigenvalue weighted by Crippen LogP contribution is -2.62. The number of piperazine rings is 1. The van der Waals surface area contributed by atoms with E-state index in [-0.39, 0.29) is 25.0 Å². The molecule has 0 aromatic rings. The number of nitrogens with one attached hydrogen (secondary N) is 2. The molecule has 1 aliphatic rings. The molecule has 3 amide bonds. The highest BCUT2D eigenvalue weighted by Crippen LogP contribution is 2.08. The fourth-order valence-electron chi connectivity index (χ4n) is 2.32. The van der Waals surface area contributed by atoms with E-state index in [0.29, 0.717) is 0 Å². The average molecular weight is 299 g/mol. The van der Waals surface area contributed by atoms with Gasteiger partial charge in [0.25, 0.3) is 0 Å². The molecule has 0 spiro atoms. The Bertz CT molecular complexity index is 386. The monoisotopic (exact) mass is 299 g/mol. The van der Waals surface area contributed by atoms with E-state index in [4.69, 9.17) is 5.11 Å². The lowest BCUT2D eigenvalue weighted by Gasteiger charge is -2.33. The average Bonchev–Trinajstić information content (AvgIpc) is 2.43. The summed E-state index contributed by atoms with van der Waals surface area (Å²) in [6.07, 6.45) is 5.33. The van der Waals surface area contributed by atoms with Crippen molar-refractivity contribution >= 4 is 17.9 Å². The van der Waals surface area contributed by atoms with E-state index >= 15 is 0 Å². The Balaban J connectivity index is 2.47. The zero-order chi connectivity index (χ0) is 15.8. The SMILES string of the molecule is CCCCCCC(C)NC(=O)N1CC(=O)NCC1C(=O)O. The maximum Gasteiger partial charge on any atom is 0.328 e. The molecule has 0 radical (unpaired) electrons. The van der Waals surface area contributed by atoms with Gasteiger partial charge in [-0.1, -0.05) is 32.6 Å². The molecule has 1 heterocycles. The van der Waals surface area contributed by atoms with Gasteiger partial charge in [-0.25, -0.2) is 9.59 Å². The first kappa shape index (κ1) is 17.3. The van der Waals surface area contributed by atoms with Crippen LogP contribution in [-0.4, -0.2) is 53.1 Å². The summed E-state index contributed by atoms with van der Waals surface area (Å²) >= 11 is 0. The van der Waals surface area contributed by atoms with Crippen LogP contribution >= 0.6 is 0 Å². The first-order chi connectivity index (χ1) is 9.95. The molecule has 1 saturated heterocycles. The normalized spacial score (nSPS) is 19.8. The summed E-state index contributed by atoms with van der Waals surface area (Å²) < 4.78 is 0. The number of unbranched alkanes of at least 4 members (excludes halogenated alkanes) is 3. The van der Waals surface area contributed by atoms with Crippen LogP contribution in [0, 0.1) is 0 Å². The van der Waals surface area contributed by atoms with E-state index in [2.05, 4.69) is 17.6 Å². The molecule has 120 valence electrons. The van der Waals surface area contributed by atoms with Gasteiger partial charge in [0.15, 0.2) is 0 Å². The number of urea groups is 1. The van der Waals surface area contributed by atoms with Gasteiger partial charge in [0.05, 0.1) is 0 Å². The van der Waals surface area contributed by atoms with Crippen molar-refractivity contribution in [1.29, 1.82) is 0 Å². The molecule has 7 heteroatoms. The van der Waals surface area contributed by atoms with Gasteiger partial charge < -0.3 is 15.7 Å². The van der Waals surface area contributed by atoms with Gasteiger partial charge in [0.2, 0.25) is 5.91 Å². The van der Waals surface area contributed by atoms with Gasteiger partial charge in [-0.05, 0) is 13.3 Å². The van der Waals surface area contributed by atoms with Gasteiger partial charge in [-0.15, -0.1) is 0 Å². The standard InChI is InChI=1S/C14H25N3O4/c1-3-4-5-6-7-10(2)16-14(21)17-9-12(18)15-8-11(17)13(19)20/h10-11H,3-9H2,1-2H3,(H,15,18)(H,16,21)(H,19,20). The number of carboxylic acids is 1. The van der Waals surface area contributed by atoms with E-state index in [1.165, 1.54) is 6.42 Å². The summed E-state index contributed by atoms with van der Waals surface area (Å²) in [5.41, 5.74) is 0. The molecule has 1 rings (SSSR count). The maximum absolute atomic E-state index is 12.1. The quantitative estimate of drug-likeness (QED) is 0.609. The second-order valence-electron chi connectivity index (χ2n) is 5.49. The predicted octanol–water partition coefficient (Wildman–Crippen LogP) is 0.940. The molecule has 2 atom stereocenters. The number of carbonyl (C=O) groups excluding carboxylic acids is 2. The number of carbonyl (C=O) groups is 3. The van der Waals surface area contributed by atoms with E-state index in [0.717, 1.165) is 30.6 Å². The van der Waals surface area contributed by atoms with Gasteiger partial charge >= 0.3 is 12.0 Å². The van der Waals surface area contributed by atoms with E-state index < -0.39 is 18.0 Å². The second kappa shape index (κ2) is 8.49. The third kappa shape index (κ3) is 5.61. The minimum atomic E-state index is -1.11.